The first kappa shape index (κ1) is 35.1. The van der Waals surface area contributed by atoms with Gasteiger partial charge in [0.2, 0.25) is 0 Å². The molecule has 7 rings (SSSR count). The molecule has 5 aliphatic rings. The molecule has 0 saturated carbocycles. The molecule has 1 N–H and O–H groups in total. The second-order valence-corrected chi connectivity index (χ2v) is 18.2. The first-order valence-electron chi connectivity index (χ1n) is 19.3. The Kier molecular flexibility index (Phi) is 9.98. The van der Waals surface area contributed by atoms with Gasteiger partial charge in [0.15, 0.2) is 11.6 Å². The third-order valence-corrected chi connectivity index (χ3v) is 14.1. The molecule has 280 valence electrons. The molecule has 0 bridgehead atoms. The summed E-state index contributed by atoms with van der Waals surface area (Å²) in [5.74, 6) is 1.09. The minimum absolute atomic E-state index is 0.0671. The first-order valence-corrected chi connectivity index (χ1v) is 20.2. The van der Waals surface area contributed by atoms with Crippen molar-refractivity contribution in [2.24, 2.45) is 16.7 Å². The van der Waals surface area contributed by atoms with E-state index in [4.69, 9.17) is 6.15 Å². The van der Waals surface area contributed by atoms with Gasteiger partial charge in [-0.3, -0.25) is 4.79 Å². The van der Waals surface area contributed by atoms with Crippen LogP contribution in [0.2, 0.25) is 1.41 Å². The van der Waals surface area contributed by atoms with Gasteiger partial charge in [-0.2, -0.15) is 17.0 Å². The van der Waals surface area contributed by atoms with Gasteiger partial charge in [-0.1, -0.05) is 0 Å². The number of benzene rings is 1. The van der Waals surface area contributed by atoms with Gasteiger partial charge >= 0.3 is 0 Å². The summed E-state index contributed by atoms with van der Waals surface area (Å²) in [6.45, 7) is 16.4. The lowest BCUT2D eigenvalue weighted by molar-refractivity contribution is 0.0599. The molecule has 0 atom stereocenters. The molecular weight excluding hydrogens is 672 g/mol. The summed E-state index contributed by atoms with van der Waals surface area (Å²) >= 11 is 0. The Bertz CT molecular complexity index is 1680. The third kappa shape index (κ3) is 7.49. The van der Waals surface area contributed by atoms with Crippen LogP contribution in [0.5, 0.6) is 11.5 Å². The van der Waals surface area contributed by atoms with Crippen molar-refractivity contribution in [3.8, 4) is 11.5 Å². The van der Waals surface area contributed by atoms with Crippen LogP contribution in [0.4, 0.5) is 10.2 Å². The van der Waals surface area contributed by atoms with Crippen LogP contribution in [-0.4, -0.2) is 127 Å². The number of likely N-dealkylation sites (tertiary alicyclic amines) is 1. The van der Waals surface area contributed by atoms with Crippen molar-refractivity contribution in [2.75, 3.05) is 76.9 Å². The largest absolute Gasteiger partial charge is 0.451 e. The monoisotopic (exact) mass is 727 g/mol. The molecule has 5 aliphatic heterocycles. The van der Waals surface area contributed by atoms with E-state index in [9.17, 15) is 17.6 Å². The Balaban J connectivity index is 0.894. The summed E-state index contributed by atoms with van der Waals surface area (Å²) < 4.78 is 58.7. The maximum atomic E-state index is 14.4. The molecule has 2 spiro atoms. The van der Waals surface area contributed by atoms with E-state index in [0.29, 0.717) is 43.7 Å². The van der Waals surface area contributed by atoms with Crippen molar-refractivity contribution in [3.63, 3.8) is 0 Å². The van der Waals surface area contributed by atoms with Gasteiger partial charge in [-0.25, -0.2) is 14.4 Å². The van der Waals surface area contributed by atoms with Gasteiger partial charge in [-0.05, 0) is 109 Å². The summed E-state index contributed by atoms with van der Waals surface area (Å²) in [6, 6.07) is 3.91. The van der Waals surface area contributed by atoms with Crippen LogP contribution in [-0.2, 0) is 10.2 Å². The normalized spacial score (nSPS) is 23.7. The number of piperidine rings is 3. The Labute approximate surface area is 304 Å². The average Bonchev–Trinajstić information content (AvgIpc) is 3.08. The minimum atomic E-state index is -3.43. The van der Waals surface area contributed by atoms with E-state index in [1.165, 1.54) is 24.5 Å². The Hall–Kier alpha value is -2.91. The number of nitrogens with one attached hydrogen (secondary N) is 1. The van der Waals surface area contributed by atoms with Crippen molar-refractivity contribution >= 4 is 21.9 Å². The van der Waals surface area contributed by atoms with E-state index >= 15 is 0 Å². The second-order valence-electron chi connectivity index (χ2n) is 16.3. The highest BCUT2D eigenvalue weighted by Gasteiger charge is 2.47. The zero-order chi connectivity index (χ0) is 36.8. The number of aromatic nitrogens is 2. The van der Waals surface area contributed by atoms with E-state index in [1.54, 1.807) is 25.0 Å². The third-order valence-electron chi connectivity index (χ3n) is 12.1. The number of rotatable bonds is 10. The number of amides is 1. The van der Waals surface area contributed by atoms with Gasteiger partial charge in [-0.15, -0.1) is 0 Å². The van der Waals surface area contributed by atoms with E-state index in [2.05, 4.69) is 19.8 Å². The lowest BCUT2D eigenvalue weighted by Gasteiger charge is -2.54. The predicted octanol–water partition coefficient (Wildman–Crippen LogP) is 4.21. The van der Waals surface area contributed by atoms with E-state index in [-0.39, 0.29) is 40.1 Å². The van der Waals surface area contributed by atoms with E-state index in [0.717, 1.165) is 84.3 Å². The van der Waals surface area contributed by atoms with Crippen LogP contribution < -0.4 is 14.9 Å². The first-order chi connectivity index (χ1) is 24.8. The van der Waals surface area contributed by atoms with Crippen LogP contribution in [0.1, 0.15) is 76.6 Å². The fourth-order valence-corrected chi connectivity index (χ4v) is 10.6. The lowest BCUT2D eigenvalue weighted by atomic mass is 9.72. The number of ether oxygens (including phenoxy) is 1. The summed E-state index contributed by atoms with van der Waals surface area (Å²) in [5.41, 5.74) is 0.525. The Morgan fingerprint density at radius 2 is 1.61 bits per heavy atom. The maximum Gasteiger partial charge on any atom is 0.281 e. The molecule has 0 aliphatic carbocycles. The molecule has 14 heteroatoms. The molecular formula is C37H55FN8O4S. The molecule has 5 saturated heterocycles. The molecule has 1 amide bonds. The molecule has 1 aromatic carbocycles. The molecule has 1 aromatic heterocycles. The zero-order valence-electron chi connectivity index (χ0n) is 31.6. The van der Waals surface area contributed by atoms with Crippen molar-refractivity contribution in [3.05, 3.63) is 42.1 Å². The Morgan fingerprint density at radius 1 is 0.980 bits per heavy atom. The van der Waals surface area contributed by atoms with Crippen LogP contribution in [0.3, 0.4) is 0 Å². The van der Waals surface area contributed by atoms with Crippen molar-refractivity contribution < 1.29 is 23.8 Å². The molecule has 12 nitrogen and oxygen atoms in total. The average molecular weight is 728 g/mol. The van der Waals surface area contributed by atoms with Crippen molar-refractivity contribution in [1.82, 2.24) is 33.7 Å². The molecule has 0 unspecified atom stereocenters. The number of nitrogens with zero attached hydrogens (tertiary/aromatic N) is 7. The van der Waals surface area contributed by atoms with Gasteiger partial charge < -0.3 is 24.7 Å². The molecule has 51 heavy (non-hydrogen) atoms. The maximum absolute atomic E-state index is 14.4. The van der Waals surface area contributed by atoms with Crippen LogP contribution in [0, 0.1) is 22.6 Å². The zero-order valence-corrected chi connectivity index (χ0v) is 31.5. The number of anilines is 1. The predicted molar refractivity (Wildman–Crippen MR) is 195 cm³/mol. The SMILES string of the molecule is [2H]N1CC2(CCN(S(=O)(=O)N3CCC(CN4CCC5(CC4)CN(c4ncncc4Oc4ccc(F)cc4C(=O)N(C(C)C)C(C)C)C5)CC3)CC2)C1. The summed E-state index contributed by atoms with van der Waals surface area (Å²) in [6.07, 6.45) is 8.79. The van der Waals surface area contributed by atoms with E-state index < -0.39 is 16.0 Å². The number of hydrogen-bond donors (Lipinski definition) is 1. The van der Waals surface area contributed by atoms with Crippen LogP contribution in [0.25, 0.3) is 0 Å². The summed E-state index contributed by atoms with van der Waals surface area (Å²) in [5, 5.41) is 1.58. The van der Waals surface area contributed by atoms with Crippen LogP contribution in [0.15, 0.2) is 30.7 Å². The minimum Gasteiger partial charge on any atom is -0.451 e. The highest BCUT2D eigenvalue weighted by atomic mass is 32.2. The van der Waals surface area contributed by atoms with Crippen molar-refractivity contribution in [1.29, 1.82) is 0 Å². The lowest BCUT2D eigenvalue weighted by Crippen LogP contribution is -2.61. The fraction of sp³-hybridized carbons (Fsp3) is 0.703. The molecule has 0 radical (unpaired) electrons. The van der Waals surface area contributed by atoms with Gasteiger partial charge in [0.05, 0.1) is 11.8 Å². The smallest absolute Gasteiger partial charge is 0.281 e. The van der Waals surface area contributed by atoms with Gasteiger partial charge in [0.25, 0.3) is 16.1 Å². The summed E-state index contributed by atoms with van der Waals surface area (Å²) in [4.78, 5) is 28.8. The summed E-state index contributed by atoms with van der Waals surface area (Å²) in [7, 11) is -3.43. The van der Waals surface area contributed by atoms with Gasteiger partial charge in [0, 0.05) is 76.4 Å². The van der Waals surface area contributed by atoms with Crippen molar-refractivity contribution in [2.45, 2.75) is 78.3 Å². The van der Waals surface area contributed by atoms with E-state index in [1.807, 2.05) is 27.7 Å². The number of hydrogen-bond acceptors (Lipinski definition) is 9. The standard InChI is InChI=1S/C37H55FN8O4S/c1-27(2)46(28(3)4)35(47)31-19-30(38)5-6-32(31)50-33-20-39-26-41-34(33)43-24-37(25-43)9-15-42(16-10-37)21-29-7-13-44(14-8-29)51(48,49)45-17-11-36(12-18-45)22-40-23-36/h5-6,19-20,26-29,40H,7-18,21-25H2,1-4H3/i/hD. The number of carbonyl (C=O) groups is 1. The second kappa shape index (κ2) is 14.5. The Morgan fingerprint density at radius 3 is 2.24 bits per heavy atom. The number of carbonyl (C=O) groups excluding carboxylic acids is 1. The fourth-order valence-electron chi connectivity index (χ4n) is 8.93. The topological polar surface area (TPSA) is 114 Å². The quantitative estimate of drug-likeness (QED) is 0.385. The van der Waals surface area contributed by atoms with Gasteiger partial charge in [0.1, 0.15) is 19.3 Å². The highest BCUT2D eigenvalue weighted by Crippen LogP contribution is 2.45. The molecule has 5 fully saturated rings. The molecule has 2 aromatic rings. The molecule has 6 heterocycles. The highest BCUT2D eigenvalue weighted by molar-refractivity contribution is 7.86. The van der Waals surface area contributed by atoms with Crippen LogP contribution >= 0.6 is 0 Å². The number of halogens is 1.